The largest absolute Gasteiger partial charge is 0.497 e. The maximum absolute atomic E-state index is 12.1. The summed E-state index contributed by atoms with van der Waals surface area (Å²) in [6.07, 6.45) is 3.60. The number of benzene rings is 1. The minimum absolute atomic E-state index is 0.00109. The summed E-state index contributed by atoms with van der Waals surface area (Å²) in [4.78, 5) is 16.4. The molecule has 0 aliphatic heterocycles. The molecule has 2 aromatic rings. The van der Waals surface area contributed by atoms with Gasteiger partial charge >= 0.3 is 0 Å². The predicted molar refractivity (Wildman–Crippen MR) is 81.0 cm³/mol. The topological polar surface area (TPSA) is 56.1 Å². The van der Waals surface area contributed by atoms with Crippen LogP contribution in [-0.4, -0.2) is 22.6 Å². The number of ether oxygens (including phenoxy) is 1. The van der Waals surface area contributed by atoms with E-state index in [-0.39, 0.29) is 17.9 Å². The van der Waals surface area contributed by atoms with Crippen molar-refractivity contribution < 1.29 is 9.53 Å². The van der Waals surface area contributed by atoms with E-state index in [1.165, 1.54) is 0 Å². The number of nitrogens with zero attached hydrogens (tertiary/aromatic N) is 2. The van der Waals surface area contributed by atoms with E-state index in [4.69, 9.17) is 4.74 Å². The van der Waals surface area contributed by atoms with Gasteiger partial charge in [0.15, 0.2) is 0 Å². The van der Waals surface area contributed by atoms with Gasteiger partial charge in [-0.25, -0.2) is 4.98 Å². The summed E-state index contributed by atoms with van der Waals surface area (Å²) in [7, 11) is 3.55. The first-order valence-corrected chi connectivity index (χ1v) is 6.94. The summed E-state index contributed by atoms with van der Waals surface area (Å²) < 4.78 is 7.09. The van der Waals surface area contributed by atoms with Gasteiger partial charge < -0.3 is 14.6 Å². The quantitative estimate of drug-likeness (QED) is 0.918. The molecule has 0 radical (unpaired) electrons. The van der Waals surface area contributed by atoms with Gasteiger partial charge in [-0.2, -0.15) is 0 Å². The average molecular weight is 287 g/mol. The molecule has 2 rings (SSSR count). The number of hydrogen-bond donors (Lipinski definition) is 1. The lowest BCUT2D eigenvalue weighted by molar-refractivity contribution is -0.124. The van der Waals surface area contributed by atoms with Crippen LogP contribution in [0.5, 0.6) is 5.75 Å². The van der Waals surface area contributed by atoms with Gasteiger partial charge in [0.05, 0.1) is 7.11 Å². The fourth-order valence-corrected chi connectivity index (χ4v) is 2.06. The molecule has 0 saturated carbocycles. The third-order valence-corrected chi connectivity index (χ3v) is 3.38. The second kappa shape index (κ2) is 6.43. The van der Waals surface area contributed by atoms with E-state index in [2.05, 4.69) is 10.3 Å². The van der Waals surface area contributed by atoms with Crippen LogP contribution in [0.1, 0.15) is 31.3 Å². The van der Waals surface area contributed by atoms with Crippen molar-refractivity contribution in [1.82, 2.24) is 14.9 Å². The molecule has 0 aliphatic carbocycles. The van der Waals surface area contributed by atoms with Gasteiger partial charge in [0.2, 0.25) is 5.91 Å². The fraction of sp³-hybridized carbons (Fsp3) is 0.375. The van der Waals surface area contributed by atoms with Crippen molar-refractivity contribution in [1.29, 1.82) is 0 Å². The monoisotopic (exact) mass is 287 g/mol. The smallest absolute Gasteiger partial charge is 0.223 e. The Morgan fingerprint density at radius 3 is 2.43 bits per heavy atom. The Bertz CT molecular complexity index is 602. The van der Waals surface area contributed by atoms with Gasteiger partial charge in [0.1, 0.15) is 17.6 Å². The predicted octanol–water partition coefficient (Wildman–Crippen LogP) is 2.29. The van der Waals surface area contributed by atoms with E-state index in [9.17, 15) is 4.79 Å². The Morgan fingerprint density at radius 2 is 1.95 bits per heavy atom. The molecule has 0 fully saturated rings. The summed E-state index contributed by atoms with van der Waals surface area (Å²) in [5.41, 5.74) is 0.971. The SMILES string of the molecule is COc1ccc([C@@H](NC(=O)C(C)C)c2nccn2C)cc1. The first-order chi connectivity index (χ1) is 10.0. The first kappa shape index (κ1) is 15.1. The van der Waals surface area contributed by atoms with E-state index >= 15 is 0 Å². The zero-order chi connectivity index (χ0) is 15.4. The van der Waals surface area contributed by atoms with Crippen LogP contribution in [0.2, 0.25) is 0 Å². The van der Waals surface area contributed by atoms with E-state index in [1.807, 2.05) is 55.9 Å². The zero-order valence-corrected chi connectivity index (χ0v) is 12.8. The molecule has 0 bridgehead atoms. The van der Waals surface area contributed by atoms with Gasteiger partial charge in [-0.05, 0) is 17.7 Å². The number of rotatable bonds is 5. The number of carbonyl (C=O) groups is 1. The van der Waals surface area contributed by atoms with Gasteiger partial charge in [-0.3, -0.25) is 4.79 Å². The van der Waals surface area contributed by atoms with Crippen molar-refractivity contribution in [3.63, 3.8) is 0 Å². The highest BCUT2D eigenvalue weighted by atomic mass is 16.5. The van der Waals surface area contributed by atoms with E-state index in [0.717, 1.165) is 17.1 Å². The molecular formula is C16H21N3O2. The maximum atomic E-state index is 12.1. The number of nitrogens with one attached hydrogen (secondary N) is 1. The molecule has 1 heterocycles. The van der Waals surface area contributed by atoms with Crippen LogP contribution in [-0.2, 0) is 11.8 Å². The number of methoxy groups -OCH3 is 1. The summed E-state index contributed by atoms with van der Waals surface area (Å²) in [6.45, 7) is 3.75. The highest BCUT2D eigenvalue weighted by Gasteiger charge is 2.21. The Balaban J connectivity index is 2.35. The molecule has 5 nitrogen and oxygen atoms in total. The van der Waals surface area contributed by atoms with Crippen molar-refractivity contribution >= 4 is 5.91 Å². The van der Waals surface area contributed by atoms with E-state index in [0.29, 0.717) is 0 Å². The molecule has 0 unspecified atom stereocenters. The maximum Gasteiger partial charge on any atom is 0.223 e. The standard InChI is InChI=1S/C16H21N3O2/c1-11(2)16(20)18-14(15-17-9-10-19(15)3)12-5-7-13(21-4)8-6-12/h5-11,14H,1-4H3,(H,18,20)/t14-/m1/s1. The molecule has 112 valence electrons. The lowest BCUT2D eigenvalue weighted by Crippen LogP contribution is -2.33. The molecule has 0 aliphatic rings. The highest BCUT2D eigenvalue weighted by Crippen LogP contribution is 2.23. The van der Waals surface area contributed by atoms with Crippen molar-refractivity contribution in [2.75, 3.05) is 7.11 Å². The Labute approximate surface area is 125 Å². The lowest BCUT2D eigenvalue weighted by atomic mass is 10.0. The molecule has 1 atom stereocenters. The molecule has 1 N–H and O–H groups in total. The Kier molecular flexibility index (Phi) is 4.62. The van der Waals surface area contributed by atoms with Crippen LogP contribution < -0.4 is 10.1 Å². The van der Waals surface area contributed by atoms with Gasteiger partial charge in [0, 0.05) is 25.4 Å². The number of carbonyl (C=O) groups excluding carboxylic acids is 1. The van der Waals surface area contributed by atoms with Gasteiger partial charge in [-0.1, -0.05) is 26.0 Å². The third-order valence-electron chi connectivity index (χ3n) is 3.38. The second-order valence-electron chi connectivity index (χ2n) is 5.27. The number of aryl methyl sites for hydroxylation is 1. The minimum atomic E-state index is -0.272. The summed E-state index contributed by atoms with van der Waals surface area (Å²) in [6, 6.07) is 7.38. The molecular weight excluding hydrogens is 266 g/mol. The molecule has 1 amide bonds. The van der Waals surface area contributed by atoms with Crippen LogP contribution in [0.25, 0.3) is 0 Å². The van der Waals surface area contributed by atoms with Crippen molar-refractivity contribution in [2.45, 2.75) is 19.9 Å². The summed E-state index contributed by atoms with van der Waals surface area (Å²) in [5, 5.41) is 3.05. The Morgan fingerprint density at radius 1 is 1.29 bits per heavy atom. The molecule has 5 heteroatoms. The third kappa shape index (κ3) is 3.42. The Hall–Kier alpha value is -2.30. The number of hydrogen-bond acceptors (Lipinski definition) is 3. The molecule has 21 heavy (non-hydrogen) atoms. The van der Waals surface area contributed by atoms with Crippen LogP contribution in [0.4, 0.5) is 0 Å². The average Bonchev–Trinajstić information content (AvgIpc) is 2.90. The van der Waals surface area contributed by atoms with Crippen LogP contribution in [0.15, 0.2) is 36.7 Å². The lowest BCUT2D eigenvalue weighted by Gasteiger charge is -2.20. The minimum Gasteiger partial charge on any atom is -0.497 e. The first-order valence-electron chi connectivity index (χ1n) is 6.94. The molecule has 1 aromatic carbocycles. The summed E-state index contributed by atoms with van der Waals surface area (Å²) >= 11 is 0. The fourth-order valence-electron chi connectivity index (χ4n) is 2.06. The number of amides is 1. The molecule has 0 spiro atoms. The van der Waals surface area contributed by atoms with Crippen LogP contribution in [0, 0.1) is 5.92 Å². The zero-order valence-electron chi connectivity index (χ0n) is 12.8. The van der Waals surface area contributed by atoms with Crippen LogP contribution in [0.3, 0.4) is 0 Å². The van der Waals surface area contributed by atoms with Crippen molar-refractivity contribution in [2.24, 2.45) is 13.0 Å². The van der Waals surface area contributed by atoms with Crippen molar-refractivity contribution in [3.8, 4) is 5.75 Å². The number of imidazole rings is 1. The van der Waals surface area contributed by atoms with E-state index in [1.54, 1.807) is 13.3 Å². The highest BCUT2D eigenvalue weighted by molar-refractivity contribution is 5.78. The van der Waals surface area contributed by atoms with Crippen molar-refractivity contribution in [3.05, 3.63) is 48.0 Å². The second-order valence-corrected chi connectivity index (χ2v) is 5.27. The van der Waals surface area contributed by atoms with Gasteiger partial charge in [-0.15, -0.1) is 0 Å². The molecule has 1 aromatic heterocycles. The molecule has 0 saturated heterocycles. The summed E-state index contributed by atoms with van der Waals surface area (Å²) in [5.74, 6) is 1.51. The van der Waals surface area contributed by atoms with Gasteiger partial charge in [0.25, 0.3) is 0 Å². The normalized spacial score (nSPS) is 12.2. The van der Waals surface area contributed by atoms with E-state index < -0.39 is 0 Å². The van der Waals surface area contributed by atoms with Crippen LogP contribution >= 0.6 is 0 Å². The number of aromatic nitrogens is 2.